The lowest BCUT2D eigenvalue weighted by Gasteiger charge is -2.24. The summed E-state index contributed by atoms with van der Waals surface area (Å²) in [4.78, 5) is 2.44. The summed E-state index contributed by atoms with van der Waals surface area (Å²) in [6, 6.07) is 0.827. The van der Waals surface area contributed by atoms with Crippen LogP contribution in [0, 0.1) is 0 Å². The molecule has 0 spiro atoms. The third-order valence-electron chi connectivity index (χ3n) is 4.01. The van der Waals surface area contributed by atoms with Gasteiger partial charge in [0.15, 0.2) is 0 Å². The molecule has 5 nitrogen and oxygen atoms in total. The summed E-state index contributed by atoms with van der Waals surface area (Å²) in [5.41, 5.74) is 0. The first kappa shape index (κ1) is 25.1. The van der Waals surface area contributed by atoms with Gasteiger partial charge in [0.05, 0.1) is 0 Å². The molecule has 0 fully saturated rings. The van der Waals surface area contributed by atoms with Gasteiger partial charge in [-0.15, -0.1) is 0 Å². The first-order chi connectivity index (χ1) is 10.7. The summed E-state index contributed by atoms with van der Waals surface area (Å²) in [6.45, 7) is 4.58. The second kappa shape index (κ2) is 16.7. The molecule has 0 amide bonds. The van der Waals surface area contributed by atoms with Gasteiger partial charge in [-0.2, -0.15) is 8.42 Å². The SMILES string of the molecule is CCCCCCCCC(CCCCCC)N(C)C.O=S(=O)(O)O. The van der Waals surface area contributed by atoms with E-state index in [2.05, 4.69) is 32.8 Å². The normalized spacial score (nSPS) is 12.8. The van der Waals surface area contributed by atoms with Gasteiger partial charge in [0.1, 0.15) is 0 Å². The predicted molar refractivity (Wildman–Crippen MR) is 98.4 cm³/mol. The van der Waals surface area contributed by atoms with Crippen LogP contribution < -0.4 is 0 Å². The molecule has 0 aromatic carbocycles. The zero-order chi connectivity index (χ0) is 18.1. The van der Waals surface area contributed by atoms with E-state index in [1.807, 2.05) is 0 Å². The van der Waals surface area contributed by atoms with Crippen LogP contribution in [-0.2, 0) is 10.4 Å². The van der Waals surface area contributed by atoms with Crippen LogP contribution in [0.2, 0.25) is 0 Å². The molecule has 142 valence electrons. The Hall–Kier alpha value is -0.170. The molecule has 2 N–H and O–H groups in total. The van der Waals surface area contributed by atoms with E-state index in [4.69, 9.17) is 17.5 Å². The minimum Gasteiger partial charge on any atom is -0.306 e. The van der Waals surface area contributed by atoms with E-state index in [1.165, 1.54) is 77.0 Å². The highest BCUT2D eigenvalue weighted by atomic mass is 32.3. The number of nitrogens with zero attached hydrogens (tertiary/aromatic N) is 1. The van der Waals surface area contributed by atoms with E-state index in [0.717, 1.165) is 6.04 Å². The standard InChI is InChI=1S/C17H37N.H2O4S/c1-5-7-9-11-12-14-16-17(18(3)4)15-13-10-8-6-2;1-5(2,3)4/h17H,5-16H2,1-4H3;(H2,1,2,3,4). The molecule has 23 heavy (non-hydrogen) atoms. The van der Waals surface area contributed by atoms with Gasteiger partial charge in [-0.1, -0.05) is 78.1 Å². The molecule has 0 heterocycles. The molecule has 1 unspecified atom stereocenters. The minimum absolute atomic E-state index is 0.827. The highest BCUT2D eigenvalue weighted by Crippen LogP contribution is 2.16. The molecule has 0 aliphatic rings. The molecule has 0 saturated heterocycles. The lowest BCUT2D eigenvalue weighted by Crippen LogP contribution is -2.27. The molecule has 0 bridgehead atoms. The zero-order valence-corrected chi connectivity index (χ0v) is 16.4. The first-order valence-electron chi connectivity index (χ1n) is 9.08. The van der Waals surface area contributed by atoms with E-state index < -0.39 is 10.4 Å². The van der Waals surface area contributed by atoms with Gasteiger partial charge in [0, 0.05) is 6.04 Å². The Kier molecular flexibility index (Phi) is 18.2. The monoisotopic (exact) mass is 353 g/mol. The van der Waals surface area contributed by atoms with Crippen molar-refractivity contribution >= 4 is 10.4 Å². The Morgan fingerprint density at radius 1 is 0.739 bits per heavy atom. The second-order valence-electron chi connectivity index (χ2n) is 6.47. The fourth-order valence-electron chi connectivity index (χ4n) is 2.63. The maximum Gasteiger partial charge on any atom is 0.394 e. The molecule has 0 aliphatic heterocycles. The van der Waals surface area contributed by atoms with Gasteiger partial charge in [-0.25, -0.2) is 0 Å². The zero-order valence-electron chi connectivity index (χ0n) is 15.6. The Labute approximate surface area is 144 Å². The summed E-state index contributed by atoms with van der Waals surface area (Å²) in [5.74, 6) is 0. The van der Waals surface area contributed by atoms with Crippen LogP contribution in [-0.4, -0.2) is 42.6 Å². The van der Waals surface area contributed by atoms with E-state index in [0.29, 0.717) is 0 Å². The number of hydrogen-bond donors (Lipinski definition) is 2. The van der Waals surface area contributed by atoms with Crippen LogP contribution in [0.25, 0.3) is 0 Å². The highest BCUT2D eigenvalue weighted by molar-refractivity contribution is 7.79. The summed E-state index contributed by atoms with van der Waals surface area (Å²) in [5, 5.41) is 0. The molecule has 0 aromatic heterocycles. The average Bonchev–Trinajstić information content (AvgIpc) is 2.42. The Bertz CT molecular complexity index is 323. The molecule has 1 atom stereocenters. The smallest absolute Gasteiger partial charge is 0.306 e. The average molecular weight is 354 g/mol. The van der Waals surface area contributed by atoms with E-state index in [9.17, 15) is 0 Å². The first-order valence-corrected chi connectivity index (χ1v) is 10.5. The van der Waals surface area contributed by atoms with Gasteiger partial charge in [0.25, 0.3) is 0 Å². The predicted octanol–water partition coefficient (Wildman–Crippen LogP) is 4.98. The molecule has 0 rings (SSSR count). The quantitative estimate of drug-likeness (QED) is 0.360. The highest BCUT2D eigenvalue weighted by Gasteiger charge is 2.10. The minimum atomic E-state index is -4.67. The lowest BCUT2D eigenvalue weighted by atomic mass is 10.00. The maximum absolute atomic E-state index is 8.74. The second-order valence-corrected chi connectivity index (χ2v) is 7.37. The van der Waals surface area contributed by atoms with Crippen molar-refractivity contribution in [3.8, 4) is 0 Å². The van der Waals surface area contributed by atoms with Crippen LogP contribution in [0.4, 0.5) is 0 Å². The molecule has 6 heteroatoms. The number of hydrogen-bond acceptors (Lipinski definition) is 3. The number of rotatable bonds is 13. The Balaban J connectivity index is 0. The van der Waals surface area contributed by atoms with Crippen molar-refractivity contribution in [2.45, 2.75) is 96.9 Å². The van der Waals surface area contributed by atoms with Crippen LogP contribution in [0.3, 0.4) is 0 Å². The molecular weight excluding hydrogens is 314 g/mol. The molecule has 0 radical (unpaired) electrons. The van der Waals surface area contributed by atoms with Gasteiger partial charge in [-0.05, 0) is 26.9 Å². The summed E-state index contributed by atoms with van der Waals surface area (Å²) >= 11 is 0. The maximum atomic E-state index is 8.74. The fraction of sp³-hybridized carbons (Fsp3) is 1.00. The largest absolute Gasteiger partial charge is 0.394 e. The van der Waals surface area contributed by atoms with Crippen molar-refractivity contribution in [2.75, 3.05) is 14.1 Å². The van der Waals surface area contributed by atoms with Crippen molar-refractivity contribution in [1.29, 1.82) is 0 Å². The lowest BCUT2D eigenvalue weighted by molar-refractivity contribution is 0.251. The summed E-state index contributed by atoms with van der Waals surface area (Å²) in [6.07, 6.45) is 17.0. The molecule has 0 aliphatic carbocycles. The third kappa shape index (κ3) is 27.0. The van der Waals surface area contributed by atoms with Crippen LogP contribution >= 0.6 is 0 Å². The Morgan fingerprint density at radius 3 is 1.39 bits per heavy atom. The molecular formula is C17H39NO4S. The van der Waals surface area contributed by atoms with E-state index in [1.54, 1.807) is 0 Å². The van der Waals surface area contributed by atoms with Crippen LogP contribution in [0.1, 0.15) is 90.9 Å². The van der Waals surface area contributed by atoms with Gasteiger partial charge >= 0.3 is 10.4 Å². The van der Waals surface area contributed by atoms with Crippen molar-refractivity contribution in [3.63, 3.8) is 0 Å². The van der Waals surface area contributed by atoms with Gasteiger partial charge in [0.2, 0.25) is 0 Å². The van der Waals surface area contributed by atoms with E-state index >= 15 is 0 Å². The van der Waals surface area contributed by atoms with Gasteiger partial charge in [-0.3, -0.25) is 9.11 Å². The van der Waals surface area contributed by atoms with E-state index in [-0.39, 0.29) is 0 Å². The van der Waals surface area contributed by atoms with Crippen molar-refractivity contribution in [3.05, 3.63) is 0 Å². The topological polar surface area (TPSA) is 77.8 Å². The van der Waals surface area contributed by atoms with Crippen molar-refractivity contribution in [1.82, 2.24) is 4.90 Å². The van der Waals surface area contributed by atoms with Crippen molar-refractivity contribution < 1.29 is 17.5 Å². The van der Waals surface area contributed by atoms with Crippen LogP contribution in [0.5, 0.6) is 0 Å². The Morgan fingerprint density at radius 2 is 1.04 bits per heavy atom. The van der Waals surface area contributed by atoms with Gasteiger partial charge < -0.3 is 4.90 Å². The van der Waals surface area contributed by atoms with Crippen molar-refractivity contribution in [2.24, 2.45) is 0 Å². The van der Waals surface area contributed by atoms with Crippen LogP contribution in [0.15, 0.2) is 0 Å². The fourth-order valence-corrected chi connectivity index (χ4v) is 2.63. The number of unbranched alkanes of at least 4 members (excludes halogenated alkanes) is 8. The molecule has 0 saturated carbocycles. The molecule has 0 aromatic rings. The summed E-state index contributed by atoms with van der Waals surface area (Å²) in [7, 11) is -0.164. The third-order valence-corrected chi connectivity index (χ3v) is 4.01. The summed E-state index contributed by atoms with van der Waals surface area (Å²) < 4.78 is 31.6.